The van der Waals surface area contributed by atoms with Gasteiger partial charge in [-0.05, 0) is 49.3 Å². The maximum atomic E-state index is 13.4. The highest BCUT2D eigenvalue weighted by molar-refractivity contribution is 7.98. The number of thioether (sulfide) groups is 1. The smallest absolute Gasteiger partial charge is 0.328 e. The van der Waals surface area contributed by atoms with E-state index >= 15 is 0 Å². The summed E-state index contributed by atoms with van der Waals surface area (Å²) in [4.78, 5) is 54.0. The van der Waals surface area contributed by atoms with Gasteiger partial charge >= 0.3 is 5.97 Å². The fourth-order valence-electron chi connectivity index (χ4n) is 4.00. The predicted octanol–water partition coefficient (Wildman–Crippen LogP) is 0.757. The molecule has 12 heteroatoms. The summed E-state index contributed by atoms with van der Waals surface area (Å²) in [6.45, 7) is 5.05. The van der Waals surface area contributed by atoms with Crippen LogP contribution in [0.3, 0.4) is 0 Å². The van der Waals surface area contributed by atoms with Gasteiger partial charge in [-0.3, -0.25) is 14.4 Å². The highest BCUT2D eigenvalue weighted by Crippen LogP contribution is 2.19. The summed E-state index contributed by atoms with van der Waals surface area (Å²) >= 11 is 1.56. The molecular formula is C26H39N5O6S. The first-order valence-corrected chi connectivity index (χ1v) is 13.9. The van der Waals surface area contributed by atoms with Gasteiger partial charge in [0.05, 0.1) is 12.1 Å². The third-order valence-electron chi connectivity index (χ3n) is 6.09. The molecule has 3 amide bonds. The van der Waals surface area contributed by atoms with Gasteiger partial charge in [-0.2, -0.15) is 11.8 Å². The molecule has 11 nitrogen and oxygen atoms in total. The standard InChI is InChI=1S/C26H39N5O6S/c1-14(2)11-20(29-23(33)18(27)9-10-38-4)24(34)30-21(25(35)31-22(15(3)32)26(36)37)12-16-13-28-19-8-6-5-7-17(16)19/h5-8,13-15,18,20-22,28,32H,9-12,27H2,1-4H3,(H,29,33)(H,30,34)(H,31,35)(H,36,37). The summed E-state index contributed by atoms with van der Waals surface area (Å²) in [5.74, 6) is -2.50. The molecule has 1 aromatic carbocycles. The van der Waals surface area contributed by atoms with E-state index in [2.05, 4.69) is 20.9 Å². The lowest BCUT2D eigenvalue weighted by Crippen LogP contribution is -2.59. The highest BCUT2D eigenvalue weighted by Gasteiger charge is 2.32. The van der Waals surface area contributed by atoms with E-state index in [0.717, 1.165) is 16.5 Å². The van der Waals surface area contributed by atoms with Crippen molar-refractivity contribution >= 4 is 46.4 Å². The highest BCUT2D eigenvalue weighted by atomic mass is 32.2. The average Bonchev–Trinajstić information content (AvgIpc) is 3.26. The largest absolute Gasteiger partial charge is 0.480 e. The number of nitrogens with two attached hydrogens (primary N) is 1. The van der Waals surface area contributed by atoms with E-state index < -0.39 is 54.0 Å². The number of aliphatic hydroxyl groups is 1. The molecule has 0 fully saturated rings. The molecule has 0 aliphatic rings. The third-order valence-corrected chi connectivity index (χ3v) is 6.73. The molecule has 0 aliphatic carbocycles. The number of H-pyrrole nitrogens is 1. The van der Waals surface area contributed by atoms with E-state index in [9.17, 15) is 29.4 Å². The molecular weight excluding hydrogens is 510 g/mol. The monoisotopic (exact) mass is 549 g/mol. The van der Waals surface area contributed by atoms with Crippen molar-refractivity contribution in [2.75, 3.05) is 12.0 Å². The number of hydrogen-bond donors (Lipinski definition) is 7. The van der Waals surface area contributed by atoms with Gasteiger partial charge in [0.15, 0.2) is 6.04 Å². The van der Waals surface area contributed by atoms with Crippen molar-refractivity contribution < 1.29 is 29.4 Å². The number of aliphatic hydroxyl groups excluding tert-OH is 1. The lowest BCUT2D eigenvalue weighted by Gasteiger charge is -2.26. The number of benzene rings is 1. The quantitative estimate of drug-likeness (QED) is 0.170. The molecule has 38 heavy (non-hydrogen) atoms. The van der Waals surface area contributed by atoms with Crippen molar-refractivity contribution in [3.05, 3.63) is 36.0 Å². The molecule has 0 aliphatic heterocycles. The molecule has 2 rings (SSSR count). The lowest BCUT2D eigenvalue weighted by atomic mass is 10.00. The number of hydrogen-bond acceptors (Lipinski definition) is 7. The normalized spacial score (nSPS) is 15.3. The van der Waals surface area contributed by atoms with Crippen LogP contribution in [0.15, 0.2) is 30.5 Å². The van der Waals surface area contributed by atoms with Crippen molar-refractivity contribution in [3.63, 3.8) is 0 Å². The number of carbonyl (C=O) groups excluding carboxylic acids is 3. The van der Waals surface area contributed by atoms with E-state index in [4.69, 9.17) is 5.73 Å². The van der Waals surface area contributed by atoms with E-state index in [1.54, 1.807) is 18.0 Å². The first-order valence-electron chi connectivity index (χ1n) is 12.6. The van der Waals surface area contributed by atoms with E-state index in [0.29, 0.717) is 18.6 Å². The van der Waals surface area contributed by atoms with Crippen LogP contribution in [0.2, 0.25) is 0 Å². The number of amides is 3. The Labute approximate surface area is 226 Å². The van der Waals surface area contributed by atoms with Crippen LogP contribution < -0.4 is 21.7 Å². The maximum absolute atomic E-state index is 13.4. The zero-order chi connectivity index (χ0) is 28.4. The molecule has 1 aromatic heterocycles. The van der Waals surface area contributed by atoms with Crippen molar-refractivity contribution in [1.29, 1.82) is 0 Å². The second-order valence-corrected chi connectivity index (χ2v) is 10.8. The number of carboxylic acid groups (broad SMARTS) is 1. The summed E-state index contributed by atoms with van der Waals surface area (Å²) in [5, 5.41) is 27.8. The first-order chi connectivity index (χ1) is 17.9. The van der Waals surface area contributed by atoms with Gasteiger partial charge < -0.3 is 36.9 Å². The van der Waals surface area contributed by atoms with Crippen molar-refractivity contribution in [2.45, 2.75) is 70.3 Å². The Hall–Kier alpha value is -3.09. The van der Waals surface area contributed by atoms with Crippen LogP contribution in [-0.2, 0) is 25.6 Å². The minimum atomic E-state index is -1.56. The minimum absolute atomic E-state index is 0.0426. The summed E-state index contributed by atoms with van der Waals surface area (Å²) in [7, 11) is 0. The number of aromatic amines is 1. The van der Waals surface area contributed by atoms with Gasteiger partial charge in [0.1, 0.15) is 12.1 Å². The Morgan fingerprint density at radius 3 is 2.24 bits per heavy atom. The van der Waals surface area contributed by atoms with Crippen LogP contribution in [0.5, 0.6) is 0 Å². The number of para-hydroxylation sites is 1. The predicted molar refractivity (Wildman–Crippen MR) is 148 cm³/mol. The van der Waals surface area contributed by atoms with Gasteiger partial charge in [0.2, 0.25) is 17.7 Å². The molecule has 8 N–H and O–H groups in total. The number of aromatic nitrogens is 1. The van der Waals surface area contributed by atoms with Crippen LogP contribution in [-0.4, -0.2) is 81.2 Å². The Morgan fingerprint density at radius 1 is 1.00 bits per heavy atom. The molecule has 0 bridgehead atoms. The van der Waals surface area contributed by atoms with Crippen molar-refractivity contribution in [3.8, 4) is 0 Å². The second-order valence-electron chi connectivity index (χ2n) is 9.77. The van der Waals surface area contributed by atoms with Gasteiger partial charge in [-0.1, -0.05) is 32.0 Å². The third kappa shape index (κ3) is 9.03. The van der Waals surface area contributed by atoms with Gasteiger partial charge in [0.25, 0.3) is 0 Å². The Morgan fingerprint density at radius 2 is 1.63 bits per heavy atom. The number of aliphatic carboxylic acids is 1. The summed E-state index contributed by atoms with van der Waals surface area (Å²) < 4.78 is 0. The Balaban J connectivity index is 2.30. The molecule has 5 atom stereocenters. The van der Waals surface area contributed by atoms with Crippen LogP contribution in [0.4, 0.5) is 0 Å². The molecule has 0 radical (unpaired) electrons. The van der Waals surface area contributed by atoms with Crippen LogP contribution in [0.1, 0.15) is 39.2 Å². The number of rotatable bonds is 15. The van der Waals surface area contributed by atoms with Gasteiger partial charge in [0, 0.05) is 23.5 Å². The molecule has 0 saturated heterocycles. The Bertz CT molecular complexity index is 1100. The lowest BCUT2D eigenvalue weighted by molar-refractivity contribution is -0.145. The minimum Gasteiger partial charge on any atom is -0.480 e. The number of carbonyl (C=O) groups is 4. The molecule has 0 spiro atoms. The molecule has 0 saturated carbocycles. The summed E-state index contributed by atoms with van der Waals surface area (Å²) in [5.41, 5.74) is 7.55. The number of nitrogens with one attached hydrogen (secondary N) is 4. The van der Waals surface area contributed by atoms with Crippen molar-refractivity contribution in [2.24, 2.45) is 11.7 Å². The average molecular weight is 550 g/mol. The summed E-state index contributed by atoms with van der Waals surface area (Å²) in [6, 6.07) is 2.96. The van der Waals surface area contributed by atoms with E-state index in [-0.39, 0.29) is 12.3 Å². The SMILES string of the molecule is CSCCC(N)C(=O)NC(CC(C)C)C(=O)NC(Cc1c[nH]c2ccccc12)C(=O)NC(C(=O)O)C(C)O. The number of carboxylic acids is 1. The topological polar surface area (TPSA) is 187 Å². The summed E-state index contributed by atoms with van der Waals surface area (Å²) in [6.07, 6.45) is 3.06. The van der Waals surface area contributed by atoms with Crippen LogP contribution in [0, 0.1) is 5.92 Å². The van der Waals surface area contributed by atoms with Gasteiger partial charge in [-0.15, -0.1) is 0 Å². The molecule has 5 unspecified atom stereocenters. The fraction of sp³-hybridized carbons (Fsp3) is 0.538. The first kappa shape index (κ1) is 31.1. The molecule has 210 valence electrons. The Kier molecular flexibility index (Phi) is 12.1. The maximum Gasteiger partial charge on any atom is 0.328 e. The van der Waals surface area contributed by atoms with Crippen molar-refractivity contribution in [1.82, 2.24) is 20.9 Å². The molecule has 1 heterocycles. The van der Waals surface area contributed by atoms with E-state index in [1.165, 1.54) is 6.92 Å². The zero-order valence-electron chi connectivity index (χ0n) is 22.2. The second kappa shape index (κ2) is 14.7. The van der Waals surface area contributed by atoms with Crippen LogP contribution >= 0.6 is 11.8 Å². The van der Waals surface area contributed by atoms with Crippen LogP contribution in [0.25, 0.3) is 10.9 Å². The fourth-order valence-corrected chi connectivity index (χ4v) is 4.49. The number of fused-ring (bicyclic) bond motifs is 1. The zero-order valence-corrected chi connectivity index (χ0v) is 23.0. The van der Waals surface area contributed by atoms with Gasteiger partial charge in [-0.25, -0.2) is 4.79 Å². The molecule has 2 aromatic rings. The van der Waals surface area contributed by atoms with E-state index in [1.807, 2.05) is 44.4 Å².